The third-order valence-corrected chi connectivity index (χ3v) is 2.53. The first-order chi connectivity index (χ1) is 8.75. The number of carbonyl (C=O) groups excluding carboxylic acids is 1. The standard InChI is InChI=1S/C9H14N2O7S/c1-5(12)10-7(9(14)15)8(19)6(13)3-2-4-18-11(16)17/h6-7,13H,2-4H2,1H3,(H,10,12)(H,14,15). The van der Waals surface area contributed by atoms with E-state index in [4.69, 9.17) is 17.3 Å². The second-order valence-corrected chi connectivity index (χ2v) is 4.06. The fourth-order valence-electron chi connectivity index (χ4n) is 1.21. The van der Waals surface area contributed by atoms with E-state index in [1.807, 2.05) is 0 Å². The molecule has 0 bridgehead atoms. The van der Waals surface area contributed by atoms with Crippen LogP contribution in [0.2, 0.25) is 0 Å². The molecule has 3 N–H and O–H groups in total. The van der Waals surface area contributed by atoms with E-state index in [1.165, 1.54) is 0 Å². The van der Waals surface area contributed by atoms with Gasteiger partial charge in [-0.2, -0.15) is 0 Å². The molecule has 0 aliphatic carbocycles. The van der Waals surface area contributed by atoms with Gasteiger partial charge in [-0.15, -0.1) is 10.1 Å². The normalized spacial score (nSPS) is 13.2. The van der Waals surface area contributed by atoms with Crippen LogP contribution in [0.25, 0.3) is 0 Å². The van der Waals surface area contributed by atoms with Crippen molar-refractivity contribution in [3.8, 4) is 0 Å². The van der Waals surface area contributed by atoms with E-state index in [9.17, 15) is 24.8 Å². The van der Waals surface area contributed by atoms with Crippen LogP contribution in [-0.4, -0.2) is 50.8 Å². The van der Waals surface area contributed by atoms with E-state index in [0.717, 1.165) is 6.92 Å². The first-order valence-electron chi connectivity index (χ1n) is 5.24. The Hall–Kier alpha value is -1.81. The average Bonchev–Trinajstić information content (AvgIpc) is 2.29. The smallest absolute Gasteiger partial charge is 0.331 e. The van der Waals surface area contributed by atoms with E-state index in [0.29, 0.717) is 0 Å². The SMILES string of the molecule is CC(=O)NC(C(=O)O)C(=S)C(O)CCCO[N+](=O)[O-]. The molecule has 0 aromatic carbocycles. The van der Waals surface area contributed by atoms with Crippen LogP contribution in [0.4, 0.5) is 0 Å². The average molecular weight is 294 g/mol. The van der Waals surface area contributed by atoms with Gasteiger partial charge >= 0.3 is 5.97 Å². The summed E-state index contributed by atoms with van der Waals surface area (Å²) >= 11 is 4.77. The highest BCUT2D eigenvalue weighted by Gasteiger charge is 2.28. The number of rotatable bonds is 9. The molecule has 0 heterocycles. The zero-order chi connectivity index (χ0) is 15.0. The minimum absolute atomic E-state index is 0.00393. The van der Waals surface area contributed by atoms with E-state index in [-0.39, 0.29) is 24.3 Å². The maximum atomic E-state index is 10.9. The number of nitrogens with zero attached hydrogens (tertiary/aromatic N) is 1. The number of hydrogen-bond donors (Lipinski definition) is 3. The summed E-state index contributed by atoms with van der Waals surface area (Å²) in [4.78, 5) is 35.3. The molecule has 0 saturated heterocycles. The maximum absolute atomic E-state index is 10.9. The van der Waals surface area contributed by atoms with E-state index in [2.05, 4.69) is 10.2 Å². The third-order valence-electron chi connectivity index (χ3n) is 2.03. The Kier molecular flexibility index (Phi) is 7.53. The number of aliphatic hydroxyl groups is 1. The largest absolute Gasteiger partial charge is 0.479 e. The summed E-state index contributed by atoms with van der Waals surface area (Å²) < 4.78 is 0. The molecule has 10 heteroatoms. The molecule has 0 aromatic heterocycles. The molecule has 0 saturated carbocycles. The quantitative estimate of drug-likeness (QED) is 0.219. The molecule has 2 unspecified atom stereocenters. The fourth-order valence-corrected chi connectivity index (χ4v) is 1.49. The molecule has 0 spiro atoms. The van der Waals surface area contributed by atoms with Crippen LogP contribution in [-0.2, 0) is 14.4 Å². The summed E-state index contributed by atoms with van der Waals surface area (Å²) in [7, 11) is 0. The molecule has 0 aliphatic heterocycles. The van der Waals surface area contributed by atoms with Gasteiger partial charge in [-0.05, 0) is 12.8 Å². The van der Waals surface area contributed by atoms with Crippen molar-refractivity contribution in [2.24, 2.45) is 0 Å². The number of carboxylic acids is 1. The van der Waals surface area contributed by atoms with Crippen molar-refractivity contribution in [1.29, 1.82) is 0 Å². The van der Waals surface area contributed by atoms with Gasteiger partial charge in [-0.1, -0.05) is 12.2 Å². The highest BCUT2D eigenvalue weighted by atomic mass is 32.1. The summed E-state index contributed by atoms with van der Waals surface area (Å²) in [5.41, 5.74) is 0. The van der Waals surface area contributed by atoms with Crippen molar-refractivity contribution >= 4 is 29.0 Å². The lowest BCUT2D eigenvalue weighted by molar-refractivity contribution is -0.757. The van der Waals surface area contributed by atoms with Crippen LogP contribution < -0.4 is 5.32 Å². The second kappa shape index (κ2) is 8.32. The van der Waals surface area contributed by atoms with Gasteiger partial charge in [0.05, 0.1) is 17.6 Å². The van der Waals surface area contributed by atoms with Crippen molar-refractivity contribution in [3.05, 3.63) is 10.1 Å². The van der Waals surface area contributed by atoms with Crippen LogP contribution in [0.1, 0.15) is 19.8 Å². The third kappa shape index (κ3) is 7.26. The predicted octanol–water partition coefficient (Wildman–Crippen LogP) is -0.705. The Morgan fingerprint density at radius 3 is 2.53 bits per heavy atom. The molecule has 0 radical (unpaired) electrons. The number of carboxylic acid groups (broad SMARTS) is 1. The van der Waals surface area contributed by atoms with Crippen LogP contribution >= 0.6 is 12.2 Å². The molecule has 108 valence electrons. The number of aliphatic carboxylic acids is 1. The molecule has 2 atom stereocenters. The molecule has 0 aromatic rings. The van der Waals surface area contributed by atoms with Gasteiger partial charge in [0, 0.05) is 6.92 Å². The highest BCUT2D eigenvalue weighted by molar-refractivity contribution is 7.80. The topological polar surface area (TPSA) is 139 Å². The zero-order valence-corrected chi connectivity index (χ0v) is 10.9. The first-order valence-corrected chi connectivity index (χ1v) is 5.65. The lowest BCUT2D eigenvalue weighted by Crippen LogP contribution is -2.48. The summed E-state index contributed by atoms with van der Waals surface area (Å²) in [5.74, 6) is -1.99. The highest BCUT2D eigenvalue weighted by Crippen LogP contribution is 2.05. The van der Waals surface area contributed by atoms with Crippen molar-refractivity contribution in [1.82, 2.24) is 5.32 Å². The van der Waals surface area contributed by atoms with Crippen LogP contribution in [0.5, 0.6) is 0 Å². The number of hydrogen-bond acceptors (Lipinski definition) is 7. The van der Waals surface area contributed by atoms with Crippen molar-refractivity contribution in [2.45, 2.75) is 31.9 Å². The summed E-state index contributed by atoms with van der Waals surface area (Å²) in [6.07, 6.45) is -1.16. The van der Waals surface area contributed by atoms with Gasteiger partial charge in [0.2, 0.25) is 5.91 Å². The van der Waals surface area contributed by atoms with Gasteiger partial charge in [-0.3, -0.25) is 4.79 Å². The van der Waals surface area contributed by atoms with Gasteiger partial charge in [0.1, 0.15) is 0 Å². The zero-order valence-electron chi connectivity index (χ0n) is 10.1. The minimum atomic E-state index is -1.47. The molecule has 9 nitrogen and oxygen atoms in total. The lowest BCUT2D eigenvalue weighted by atomic mass is 10.0. The van der Waals surface area contributed by atoms with Gasteiger partial charge in [0.25, 0.3) is 5.09 Å². The molecule has 0 rings (SSSR count). The van der Waals surface area contributed by atoms with Crippen LogP contribution in [0, 0.1) is 10.1 Å². The first kappa shape index (κ1) is 17.2. The van der Waals surface area contributed by atoms with E-state index in [1.54, 1.807) is 0 Å². The van der Waals surface area contributed by atoms with Crippen molar-refractivity contribution in [3.63, 3.8) is 0 Å². The van der Waals surface area contributed by atoms with E-state index < -0.39 is 29.1 Å². The Labute approximate surface area is 113 Å². The predicted molar refractivity (Wildman–Crippen MR) is 66.0 cm³/mol. The molecule has 0 fully saturated rings. The van der Waals surface area contributed by atoms with Gasteiger partial charge in [-0.25, -0.2) is 4.79 Å². The number of thiocarbonyl (C=S) groups is 1. The summed E-state index contributed by atoms with van der Waals surface area (Å²) in [5, 5.41) is 29.5. The molecular weight excluding hydrogens is 280 g/mol. The number of nitrogens with one attached hydrogen (secondary N) is 1. The Bertz CT molecular complexity index is 374. The number of carbonyl (C=O) groups is 2. The second-order valence-electron chi connectivity index (χ2n) is 3.59. The Morgan fingerprint density at radius 2 is 2.11 bits per heavy atom. The number of amides is 1. The Balaban J connectivity index is 4.31. The van der Waals surface area contributed by atoms with Crippen LogP contribution in [0.3, 0.4) is 0 Å². The monoisotopic (exact) mass is 294 g/mol. The number of aliphatic hydroxyl groups excluding tert-OH is 1. The van der Waals surface area contributed by atoms with Crippen LogP contribution in [0.15, 0.2) is 0 Å². The maximum Gasteiger partial charge on any atom is 0.331 e. The fraction of sp³-hybridized carbons (Fsp3) is 0.667. The minimum Gasteiger partial charge on any atom is -0.479 e. The van der Waals surface area contributed by atoms with Gasteiger partial charge < -0.3 is 20.4 Å². The van der Waals surface area contributed by atoms with Crippen molar-refractivity contribution in [2.75, 3.05) is 6.61 Å². The Morgan fingerprint density at radius 1 is 1.53 bits per heavy atom. The lowest BCUT2D eigenvalue weighted by Gasteiger charge is -2.18. The molecule has 0 aliphatic rings. The van der Waals surface area contributed by atoms with Crippen molar-refractivity contribution < 1.29 is 29.7 Å². The molecule has 19 heavy (non-hydrogen) atoms. The molecule has 1 amide bonds. The molecular formula is C9H14N2O7S. The van der Waals surface area contributed by atoms with E-state index >= 15 is 0 Å². The summed E-state index contributed by atoms with van der Waals surface area (Å²) in [6, 6.07) is -1.47. The summed E-state index contributed by atoms with van der Waals surface area (Å²) in [6.45, 7) is 0.889. The van der Waals surface area contributed by atoms with Gasteiger partial charge in [0.15, 0.2) is 6.04 Å².